The molecule has 0 saturated heterocycles. The maximum Gasteiger partial charge on any atom is 0.246 e. The van der Waals surface area contributed by atoms with Crippen molar-refractivity contribution in [1.82, 2.24) is 10.2 Å². The van der Waals surface area contributed by atoms with Gasteiger partial charge in [-0.15, -0.1) is 0 Å². The summed E-state index contributed by atoms with van der Waals surface area (Å²) in [7, 11) is 3.63. The lowest BCUT2D eigenvalue weighted by Crippen LogP contribution is -2.24. The third-order valence-electron chi connectivity index (χ3n) is 1.43. The average molecular weight is 156 g/mol. The fraction of sp³-hybridized carbons (Fsp3) is 0.625. The van der Waals surface area contributed by atoms with Gasteiger partial charge in [0.05, 0.1) is 0 Å². The maximum absolute atomic E-state index is 11.1. The summed E-state index contributed by atoms with van der Waals surface area (Å²) in [4.78, 5) is 12.7. The normalized spacial score (nSPS) is 10.5. The van der Waals surface area contributed by atoms with Crippen molar-refractivity contribution < 1.29 is 4.79 Å². The molecule has 1 N–H and O–H groups in total. The first kappa shape index (κ1) is 10.2. The topological polar surface area (TPSA) is 32.3 Å². The van der Waals surface area contributed by atoms with Crippen LogP contribution in [0.15, 0.2) is 12.2 Å². The SMILES string of the molecule is CCN(C)C(=O)/C=C/CNC. The third kappa shape index (κ3) is 4.56. The summed E-state index contributed by atoms with van der Waals surface area (Å²) >= 11 is 0. The first-order chi connectivity index (χ1) is 5.22. The van der Waals surface area contributed by atoms with Gasteiger partial charge in [-0.2, -0.15) is 0 Å². The number of carbonyl (C=O) groups excluding carboxylic acids is 1. The molecule has 0 fully saturated rings. The van der Waals surface area contributed by atoms with Crippen LogP contribution in [0, 0.1) is 0 Å². The van der Waals surface area contributed by atoms with E-state index >= 15 is 0 Å². The molecule has 0 unspecified atom stereocenters. The molecule has 3 nitrogen and oxygen atoms in total. The monoisotopic (exact) mass is 156 g/mol. The molecule has 0 heterocycles. The molecule has 3 heteroatoms. The highest BCUT2D eigenvalue weighted by atomic mass is 16.2. The fourth-order valence-electron chi connectivity index (χ4n) is 0.561. The number of hydrogen-bond acceptors (Lipinski definition) is 2. The zero-order valence-corrected chi connectivity index (χ0v) is 7.42. The molecule has 0 aromatic carbocycles. The molecule has 0 aliphatic heterocycles. The first-order valence-corrected chi connectivity index (χ1v) is 3.78. The highest BCUT2D eigenvalue weighted by Crippen LogP contribution is 1.84. The number of nitrogens with zero attached hydrogens (tertiary/aromatic N) is 1. The van der Waals surface area contributed by atoms with Gasteiger partial charge in [0.2, 0.25) is 5.91 Å². The Morgan fingerprint density at radius 1 is 1.64 bits per heavy atom. The third-order valence-corrected chi connectivity index (χ3v) is 1.43. The second-order valence-corrected chi connectivity index (χ2v) is 2.31. The molecule has 0 radical (unpaired) electrons. The molecule has 1 amide bonds. The Kier molecular flexibility index (Phi) is 5.47. The molecule has 0 atom stereocenters. The number of rotatable bonds is 4. The standard InChI is InChI=1S/C8H16N2O/c1-4-10(3)8(11)6-5-7-9-2/h5-6,9H,4,7H2,1-3H3/b6-5+. The molecule has 0 aliphatic carbocycles. The van der Waals surface area contributed by atoms with Crippen LogP contribution in [-0.4, -0.2) is 38.0 Å². The Bertz CT molecular complexity index is 143. The van der Waals surface area contributed by atoms with Crippen molar-refractivity contribution in [3.8, 4) is 0 Å². The van der Waals surface area contributed by atoms with Crippen LogP contribution in [0.1, 0.15) is 6.92 Å². The number of hydrogen-bond donors (Lipinski definition) is 1. The Morgan fingerprint density at radius 3 is 2.73 bits per heavy atom. The van der Waals surface area contributed by atoms with Crippen LogP contribution in [0.2, 0.25) is 0 Å². The van der Waals surface area contributed by atoms with Crippen molar-refractivity contribution in [2.24, 2.45) is 0 Å². The fourth-order valence-corrected chi connectivity index (χ4v) is 0.561. The van der Waals surface area contributed by atoms with E-state index in [2.05, 4.69) is 5.32 Å². The average Bonchev–Trinajstić information content (AvgIpc) is 2.03. The Labute approximate surface area is 68.1 Å². The Balaban J connectivity index is 3.67. The number of carbonyl (C=O) groups is 1. The summed E-state index contributed by atoms with van der Waals surface area (Å²) in [6.45, 7) is 3.44. The van der Waals surface area contributed by atoms with Crippen molar-refractivity contribution in [3.63, 3.8) is 0 Å². The molecule has 0 aromatic heterocycles. The molecule has 0 aliphatic rings. The van der Waals surface area contributed by atoms with Crippen LogP contribution in [0.5, 0.6) is 0 Å². The Morgan fingerprint density at radius 2 is 2.27 bits per heavy atom. The predicted octanol–water partition coefficient (Wildman–Crippen LogP) is 0.240. The summed E-state index contributed by atoms with van der Waals surface area (Å²) in [5.74, 6) is 0.0581. The summed E-state index contributed by atoms with van der Waals surface area (Å²) in [6.07, 6.45) is 3.40. The van der Waals surface area contributed by atoms with Gasteiger partial charge in [0.15, 0.2) is 0 Å². The molecular weight excluding hydrogens is 140 g/mol. The first-order valence-electron chi connectivity index (χ1n) is 3.78. The van der Waals surface area contributed by atoms with Crippen LogP contribution in [0.3, 0.4) is 0 Å². The number of likely N-dealkylation sites (N-methyl/N-ethyl adjacent to an activating group) is 2. The van der Waals surface area contributed by atoms with Gasteiger partial charge in [-0.25, -0.2) is 0 Å². The van der Waals surface area contributed by atoms with Crippen molar-refractivity contribution in [2.45, 2.75) is 6.92 Å². The zero-order chi connectivity index (χ0) is 8.69. The van der Waals surface area contributed by atoms with Gasteiger partial charge >= 0.3 is 0 Å². The van der Waals surface area contributed by atoms with Crippen molar-refractivity contribution in [3.05, 3.63) is 12.2 Å². The Hall–Kier alpha value is -0.830. The van der Waals surface area contributed by atoms with Crippen molar-refractivity contribution in [2.75, 3.05) is 27.2 Å². The van der Waals surface area contributed by atoms with Gasteiger partial charge in [0.25, 0.3) is 0 Å². The zero-order valence-electron chi connectivity index (χ0n) is 7.42. The van der Waals surface area contributed by atoms with Crippen LogP contribution < -0.4 is 5.32 Å². The second kappa shape index (κ2) is 5.92. The molecule has 64 valence electrons. The molecule has 0 rings (SSSR count). The van der Waals surface area contributed by atoms with E-state index in [-0.39, 0.29) is 5.91 Å². The number of amides is 1. The maximum atomic E-state index is 11.1. The van der Waals surface area contributed by atoms with Crippen LogP contribution in [0.25, 0.3) is 0 Å². The minimum atomic E-state index is 0.0581. The van der Waals surface area contributed by atoms with E-state index in [9.17, 15) is 4.79 Å². The molecular formula is C8H16N2O. The lowest BCUT2D eigenvalue weighted by atomic mass is 10.4. The van der Waals surface area contributed by atoms with Gasteiger partial charge in [-0.05, 0) is 14.0 Å². The molecule has 0 aromatic rings. The van der Waals surface area contributed by atoms with E-state index in [0.717, 1.165) is 13.1 Å². The molecule has 0 saturated carbocycles. The van der Waals surface area contributed by atoms with E-state index in [1.165, 1.54) is 0 Å². The lowest BCUT2D eigenvalue weighted by molar-refractivity contribution is -0.124. The van der Waals surface area contributed by atoms with Crippen LogP contribution in [0.4, 0.5) is 0 Å². The smallest absolute Gasteiger partial charge is 0.246 e. The van der Waals surface area contributed by atoms with Gasteiger partial charge in [-0.1, -0.05) is 6.08 Å². The minimum absolute atomic E-state index is 0.0581. The van der Waals surface area contributed by atoms with E-state index in [1.54, 1.807) is 18.0 Å². The minimum Gasteiger partial charge on any atom is -0.343 e. The van der Waals surface area contributed by atoms with Gasteiger partial charge in [0, 0.05) is 26.2 Å². The van der Waals surface area contributed by atoms with Crippen molar-refractivity contribution in [1.29, 1.82) is 0 Å². The van der Waals surface area contributed by atoms with E-state index < -0.39 is 0 Å². The molecule has 0 spiro atoms. The lowest BCUT2D eigenvalue weighted by Gasteiger charge is -2.10. The van der Waals surface area contributed by atoms with Crippen LogP contribution in [-0.2, 0) is 4.79 Å². The van der Waals surface area contributed by atoms with Gasteiger partial charge in [-0.3, -0.25) is 4.79 Å². The molecule has 0 bridgehead atoms. The van der Waals surface area contributed by atoms with E-state index in [0.29, 0.717) is 0 Å². The van der Waals surface area contributed by atoms with Gasteiger partial charge < -0.3 is 10.2 Å². The highest BCUT2D eigenvalue weighted by molar-refractivity contribution is 5.87. The van der Waals surface area contributed by atoms with Crippen molar-refractivity contribution >= 4 is 5.91 Å². The summed E-state index contributed by atoms with van der Waals surface area (Å²) in [5.41, 5.74) is 0. The summed E-state index contributed by atoms with van der Waals surface area (Å²) in [5, 5.41) is 2.92. The van der Waals surface area contributed by atoms with E-state index in [4.69, 9.17) is 0 Å². The quantitative estimate of drug-likeness (QED) is 0.591. The van der Waals surface area contributed by atoms with E-state index in [1.807, 2.05) is 20.0 Å². The molecule has 11 heavy (non-hydrogen) atoms. The van der Waals surface area contributed by atoms with Gasteiger partial charge in [0.1, 0.15) is 0 Å². The summed E-state index contributed by atoms with van der Waals surface area (Å²) < 4.78 is 0. The predicted molar refractivity (Wildman–Crippen MR) is 46.4 cm³/mol. The number of nitrogens with one attached hydrogen (secondary N) is 1. The second-order valence-electron chi connectivity index (χ2n) is 2.31. The van der Waals surface area contributed by atoms with Crippen LogP contribution >= 0.6 is 0 Å². The highest BCUT2D eigenvalue weighted by Gasteiger charge is 1.98. The largest absolute Gasteiger partial charge is 0.343 e. The summed E-state index contributed by atoms with van der Waals surface area (Å²) in [6, 6.07) is 0.